The molecular formula is C11H17NO4. The molecule has 0 saturated carbocycles. The average Bonchev–Trinajstić information content (AvgIpc) is 2.27. The predicted molar refractivity (Wildman–Crippen MR) is 58.8 cm³/mol. The van der Waals surface area contributed by atoms with E-state index < -0.39 is 11.7 Å². The number of amides is 1. The topological polar surface area (TPSA) is 67.8 Å². The van der Waals surface area contributed by atoms with Gasteiger partial charge in [-0.15, -0.1) is 6.58 Å². The Hall–Kier alpha value is -1.33. The molecule has 5 heteroatoms. The van der Waals surface area contributed by atoms with E-state index in [1.54, 1.807) is 6.08 Å². The fraction of sp³-hybridized carbons (Fsp3) is 0.545. The van der Waals surface area contributed by atoms with Crippen LogP contribution >= 0.6 is 0 Å². The summed E-state index contributed by atoms with van der Waals surface area (Å²) in [5.74, 6) is -1.82. The fourth-order valence-electron chi connectivity index (χ4n) is 1.42. The Morgan fingerprint density at radius 1 is 1.50 bits per heavy atom. The average molecular weight is 227 g/mol. The molecule has 2 N–H and O–H groups in total. The summed E-state index contributed by atoms with van der Waals surface area (Å²) in [6.45, 7) is 7.79. The molecule has 1 fully saturated rings. The monoisotopic (exact) mass is 227 g/mol. The molecule has 0 radical (unpaired) electrons. The molecule has 0 unspecified atom stereocenters. The normalized spacial score (nSPS) is 18.8. The van der Waals surface area contributed by atoms with E-state index in [4.69, 9.17) is 14.6 Å². The van der Waals surface area contributed by atoms with Gasteiger partial charge in [0.05, 0.1) is 19.8 Å². The number of aliphatic hydroxyl groups excluding tert-OH is 1. The number of ether oxygens (including phenoxy) is 2. The smallest absolute Gasteiger partial charge is 0.281 e. The molecule has 0 aliphatic carbocycles. The molecule has 1 amide bonds. The van der Waals surface area contributed by atoms with Crippen LogP contribution in [0.3, 0.4) is 0 Å². The first-order valence-corrected chi connectivity index (χ1v) is 5.14. The summed E-state index contributed by atoms with van der Waals surface area (Å²) in [4.78, 5) is 11.9. The Labute approximate surface area is 94.7 Å². The van der Waals surface area contributed by atoms with Crippen LogP contribution in [0.25, 0.3) is 0 Å². The lowest BCUT2D eigenvalue weighted by Gasteiger charge is -2.34. The highest BCUT2D eigenvalue weighted by Crippen LogP contribution is 2.23. The van der Waals surface area contributed by atoms with Crippen molar-refractivity contribution in [3.63, 3.8) is 0 Å². The maximum absolute atomic E-state index is 11.9. The first kappa shape index (κ1) is 12.7. The molecule has 0 atom stereocenters. The van der Waals surface area contributed by atoms with Gasteiger partial charge in [-0.05, 0) is 6.42 Å². The highest BCUT2D eigenvalue weighted by Gasteiger charge is 2.41. The van der Waals surface area contributed by atoms with E-state index in [1.165, 1.54) is 0 Å². The van der Waals surface area contributed by atoms with Crippen molar-refractivity contribution in [3.05, 3.63) is 25.0 Å². The molecule has 0 aromatic rings. The molecule has 0 aromatic heterocycles. The third-order valence-corrected chi connectivity index (χ3v) is 2.17. The highest BCUT2D eigenvalue weighted by atomic mass is 16.7. The van der Waals surface area contributed by atoms with Crippen LogP contribution in [0.1, 0.15) is 12.8 Å². The summed E-state index contributed by atoms with van der Waals surface area (Å²) in [5, 5.41) is 11.4. The van der Waals surface area contributed by atoms with Gasteiger partial charge in [0.15, 0.2) is 0 Å². The Morgan fingerprint density at radius 3 is 2.62 bits per heavy atom. The molecule has 1 saturated heterocycles. The molecule has 5 nitrogen and oxygen atoms in total. The van der Waals surface area contributed by atoms with Crippen molar-refractivity contribution < 1.29 is 19.4 Å². The standard InChI is InChI=1S/C11H17NO4/c1-3-5-11(15-6-4-7-16-11)10(14)12-8-9(2)13/h3,13H,1-2,4-8H2,(H,12,14). The van der Waals surface area contributed by atoms with Gasteiger partial charge in [-0.25, -0.2) is 0 Å². The van der Waals surface area contributed by atoms with E-state index in [-0.39, 0.29) is 18.7 Å². The maximum atomic E-state index is 11.9. The van der Waals surface area contributed by atoms with Gasteiger partial charge < -0.3 is 19.9 Å². The predicted octanol–water partition coefficient (Wildman–Crippen LogP) is 0.884. The van der Waals surface area contributed by atoms with Gasteiger partial charge in [-0.3, -0.25) is 4.79 Å². The van der Waals surface area contributed by atoms with Crippen molar-refractivity contribution in [2.45, 2.75) is 18.6 Å². The number of carbonyl (C=O) groups is 1. The van der Waals surface area contributed by atoms with Crippen molar-refractivity contribution in [1.29, 1.82) is 0 Å². The van der Waals surface area contributed by atoms with Crippen molar-refractivity contribution in [2.24, 2.45) is 0 Å². The summed E-state index contributed by atoms with van der Waals surface area (Å²) in [6, 6.07) is 0. The summed E-state index contributed by atoms with van der Waals surface area (Å²) >= 11 is 0. The van der Waals surface area contributed by atoms with Crippen LogP contribution in [-0.4, -0.2) is 36.6 Å². The molecule has 0 spiro atoms. The van der Waals surface area contributed by atoms with E-state index in [0.717, 1.165) is 6.42 Å². The largest absolute Gasteiger partial charge is 0.511 e. The molecular weight excluding hydrogens is 210 g/mol. The quantitative estimate of drug-likeness (QED) is 0.540. The van der Waals surface area contributed by atoms with Crippen molar-refractivity contribution >= 4 is 5.91 Å². The second-order valence-corrected chi connectivity index (χ2v) is 3.55. The van der Waals surface area contributed by atoms with Crippen LogP contribution in [0.5, 0.6) is 0 Å². The van der Waals surface area contributed by atoms with E-state index >= 15 is 0 Å². The van der Waals surface area contributed by atoms with Gasteiger partial charge in [-0.1, -0.05) is 12.7 Å². The summed E-state index contributed by atoms with van der Waals surface area (Å²) in [7, 11) is 0. The zero-order valence-corrected chi connectivity index (χ0v) is 9.20. The molecule has 90 valence electrons. The lowest BCUT2D eigenvalue weighted by Crippen LogP contribution is -2.53. The minimum Gasteiger partial charge on any atom is -0.511 e. The first-order chi connectivity index (χ1) is 7.60. The van der Waals surface area contributed by atoms with Crippen molar-refractivity contribution in [1.82, 2.24) is 5.32 Å². The number of carbonyl (C=O) groups excluding carboxylic acids is 1. The second kappa shape index (κ2) is 5.67. The molecule has 1 heterocycles. The van der Waals surface area contributed by atoms with Crippen LogP contribution < -0.4 is 5.32 Å². The van der Waals surface area contributed by atoms with E-state index in [9.17, 15) is 4.79 Å². The molecule has 16 heavy (non-hydrogen) atoms. The SMILES string of the molecule is C=CCC1(C(=O)NCC(=C)O)OCCCO1. The first-order valence-electron chi connectivity index (χ1n) is 5.14. The van der Waals surface area contributed by atoms with E-state index in [0.29, 0.717) is 13.2 Å². The van der Waals surface area contributed by atoms with Crippen molar-refractivity contribution in [2.75, 3.05) is 19.8 Å². The number of hydrogen-bond donors (Lipinski definition) is 2. The third kappa shape index (κ3) is 3.08. The molecule has 1 aliphatic rings. The Balaban J connectivity index is 2.63. The van der Waals surface area contributed by atoms with Gasteiger partial charge in [0.2, 0.25) is 0 Å². The maximum Gasteiger partial charge on any atom is 0.281 e. The minimum absolute atomic E-state index is 0.00948. The lowest BCUT2D eigenvalue weighted by atomic mass is 10.1. The number of hydrogen-bond acceptors (Lipinski definition) is 4. The minimum atomic E-state index is -1.30. The number of nitrogens with one attached hydrogen (secondary N) is 1. The number of rotatable bonds is 5. The molecule has 1 rings (SSSR count). The summed E-state index contributed by atoms with van der Waals surface area (Å²) < 4.78 is 10.8. The third-order valence-electron chi connectivity index (χ3n) is 2.17. The zero-order valence-electron chi connectivity index (χ0n) is 9.20. The van der Waals surface area contributed by atoms with Crippen LogP contribution in [-0.2, 0) is 14.3 Å². The second-order valence-electron chi connectivity index (χ2n) is 3.55. The highest BCUT2D eigenvalue weighted by molar-refractivity contribution is 5.84. The lowest BCUT2D eigenvalue weighted by molar-refractivity contribution is -0.252. The molecule has 0 bridgehead atoms. The molecule has 1 aliphatic heterocycles. The summed E-state index contributed by atoms with van der Waals surface area (Å²) in [5.41, 5.74) is 0. The Morgan fingerprint density at radius 2 is 2.12 bits per heavy atom. The van der Waals surface area contributed by atoms with Crippen molar-refractivity contribution in [3.8, 4) is 0 Å². The van der Waals surface area contributed by atoms with Crippen LogP contribution in [0.15, 0.2) is 25.0 Å². The molecule has 0 aromatic carbocycles. The van der Waals surface area contributed by atoms with Gasteiger partial charge in [-0.2, -0.15) is 0 Å². The van der Waals surface area contributed by atoms with Gasteiger partial charge in [0, 0.05) is 6.42 Å². The van der Waals surface area contributed by atoms with Crippen LogP contribution in [0, 0.1) is 0 Å². The van der Waals surface area contributed by atoms with E-state index in [1.807, 2.05) is 0 Å². The van der Waals surface area contributed by atoms with Crippen LogP contribution in [0.2, 0.25) is 0 Å². The van der Waals surface area contributed by atoms with Gasteiger partial charge >= 0.3 is 0 Å². The zero-order chi connectivity index (χ0) is 12.0. The van der Waals surface area contributed by atoms with Gasteiger partial charge in [0.25, 0.3) is 11.7 Å². The number of aliphatic hydroxyl groups is 1. The van der Waals surface area contributed by atoms with Crippen LogP contribution in [0.4, 0.5) is 0 Å². The Bertz CT molecular complexity index is 282. The Kier molecular flexibility index (Phi) is 4.52. The fourth-order valence-corrected chi connectivity index (χ4v) is 1.42. The summed E-state index contributed by atoms with van der Waals surface area (Å²) in [6.07, 6.45) is 2.61. The van der Waals surface area contributed by atoms with Gasteiger partial charge in [0.1, 0.15) is 5.76 Å². The van der Waals surface area contributed by atoms with E-state index in [2.05, 4.69) is 18.5 Å².